The predicted octanol–water partition coefficient (Wildman–Crippen LogP) is 4.27. The molecule has 1 N–H and O–H groups in total. The number of hydrogen-bond acceptors (Lipinski definition) is 3. The highest BCUT2D eigenvalue weighted by Crippen LogP contribution is 2.26. The normalized spacial score (nSPS) is 18.6. The number of hydrogen-bond donors (Lipinski definition) is 1. The van der Waals surface area contributed by atoms with Crippen LogP contribution in [0.25, 0.3) is 10.2 Å². The highest BCUT2D eigenvalue weighted by Gasteiger charge is 2.18. The zero-order valence-electron chi connectivity index (χ0n) is 15.4. The van der Waals surface area contributed by atoms with E-state index in [2.05, 4.69) is 39.7 Å². The SMILES string of the molecule is C=C(C)Cn1c(C(=O)NCCCN2CCCCC2C)cc2ccsc21. The summed E-state index contributed by atoms with van der Waals surface area (Å²) in [5.74, 6) is 0.0244. The molecule has 2 aromatic rings. The number of rotatable bonds is 7. The fourth-order valence-electron chi connectivity index (χ4n) is 3.65. The summed E-state index contributed by atoms with van der Waals surface area (Å²) in [5, 5.41) is 6.31. The van der Waals surface area contributed by atoms with Crippen LogP contribution in [0.4, 0.5) is 0 Å². The summed E-state index contributed by atoms with van der Waals surface area (Å²) in [4.78, 5) is 16.4. The summed E-state index contributed by atoms with van der Waals surface area (Å²) in [6.07, 6.45) is 4.97. The number of likely N-dealkylation sites (tertiary alicyclic amines) is 1. The molecular formula is C20H29N3OS. The van der Waals surface area contributed by atoms with E-state index in [0.717, 1.165) is 41.0 Å². The smallest absolute Gasteiger partial charge is 0.267 e. The molecule has 0 spiro atoms. The van der Waals surface area contributed by atoms with Crippen LogP contribution in [0.1, 0.15) is 50.0 Å². The average molecular weight is 360 g/mol. The molecule has 0 aliphatic carbocycles. The summed E-state index contributed by atoms with van der Waals surface area (Å²) in [7, 11) is 0. The Labute approximate surface area is 154 Å². The van der Waals surface area contributed by atoms with Gasteiger partial charge in [-0.15, -0.1) is 11.3 Å². The Hall–Kier alpha value is -1.59. The van der Waals surface area contributed by atoms with Crippen LogP contribution in [0, 0.1) is 0 Å². The summed E-state index contributed by atoms with van der Waals surface area (Å²) in [6.45, 7) is 12.0. The molecule has 1 unspecified atom stereocenters. The Morgan fingerprint density at radius 2 is 2.28 bits per heavy atom. The molecule has 0 radical (unpaired) electrons. The van der Waals surface area contributed by atoms with E-state index >= 15 is 0 Å². The minimum atomic E-state index is 0.0244. The first-order chi connectivity index (χ1) is 12.1. The van der Waals surface area contributed by atoms with Crippen molar-refractivity contribution in [2.24, 2.45) is 0 Å². The molecule has 0 aromatic carbocycles. The van der Waals surface area contributed by atoms with E-state index in [4.69, 9.17) is 0 Å². The summed E-state index contributed by atoms with van der Waals surface area (Å²) >= 11 is 1.68. The third-order valence-corrected chi connectivity index (χ3v) is 5.96. The second-order valence-electron chi connectivity index (χ2n) is 7.24. The number of carbonyl (C=O) groups is 1. The van der Waals surface area contributed by atoms with E-state index < -0.39 is 0 Å². The fourth-order valence-corrected chi connectivity index (χ4v) is 4.55. The molecular weight excluding hydrogens is 330 g/mol. The Kier molecular flexibility index (Phi) is 5.97. The standard InChI is InChI=1S/C20H29N3OS/c1-15(2)14-23-18(13-17-8-12-25-20(17)23)19(24)21-9-6-11-22-10-5-4-7-16(22)3/h8,12-13,16H,1,4-7,9-11,14H2,2-3H3,(H,21,24). The molecule has 0 saturated carbocycles. The number of carbonyl (C=O) groups excluding carboxylic acids is 1. The van der Waals surface area contributed by atoms with Gasteiger partial charge in [-0.25, -0.2) is 0 Å². The molecule has 1 aliphatic heterocycles. The molecule has 5 heteroatoms. The number of thiophene rings is 1. The molecule has 3 rings (SSSR count). The van der Waals surface area contributed by atoms with Crippen molar-refractivity contribution < 1.29 is 4.79 Å². The minimum Gasteiger partial charge on any atom is -0.351 e. The highest BCUT2D eigenvalue weighted by molar-refractivity contribution is 7.16. The van der Waals surface area contributed by atoms with Gasteiger partial charge in [-0.1, -0.05) is 18.6 Å². The molecule has 2 aromatic heterocycles. The van der Waals surface area contributed by atoms with Gasteiger partial charge in [0.25, 0.3) is 5.91 Å². The lowest BCUT2D eigenvalue weighted by Gasteiger charge is -2.33. The van der Waals surface area contributed by atoms with Crippen LogP contribution in [-0.4, -0.2) is 41.1 Å². The lowest BCUT2D eigenvalue weighted by Crippen LogP contribution is -2.39. The van der Waals surface area contributed by atoms with Gasteiger partial charge in [0.05, 0.1) is 0 Å². The Bertz CT molecular complexity index is 745. The van der Waals surface area contributed by atoms with Crippen molar-refractivity contribution in [2.45, 2.75) is 52.1 Å². The Balaban J connectivity index is 1.57. The molecule has 0 bridgehead atoms. The molecule has 1 fully saturated rings. The summed E-state index contributed by atoms with van der Waals surface area (Å²) < 4.78 is 2.09. The van der Waals surface area contributed by atoms with Gasteiger partial charge in [-0.2, -0.15) is 0 Å². The van der Waals surface area contributed by atoms with Gasteiger partial charge < -0.3 is 14.8 Å². The van der Waals surface area contributed by atoms with Crippen LogP contribution in [0.3, 0.4) is 0 Å². The fraction of sp³-hybridized carbons (Fsp3) is 0.550. The number of fused-ring (bicyclic) bond motifs is 1. The third kappa shape index (κ3) is 4.33. The van der Waals surface area contributed by atoms with Crippen molar-refractivity contribution in [3.63, 3.8) is 0 Å². The minimum absolute atomic E-state index is 0.0244. The molecule has 1 amide bonds. The van der Waals surface area contributed by atoms with Crippen molar-refractivity contribution in [3.8, 4) is 0 Å². The van der Waals surface area contributed by atoms with Crippen molar-refractivity contribution in [3.05, 3.63) is 35.4 Å². The second-order valence-corrected chi connectivity index (χ2v) is 8.14. The average Bonchev–Trinajstić information content (AvgIpc) is 3.15. The lowest BCUT2D eigenvalue weighted by molar-refractivity contribution is 0.0940. The first-order valence-corrected chi connectivity index (χ1v) is 10.2. The first kappa shape index (κ1) is 18.2. The van der Waals surface area contributed by atoms with Crippen LogP contribution in [-0.2, 0) is 6.54 Å². The van der Waals surface area contributed by atoms with Crippen LogP contribution in [0.15, 0.2) is 29.7 Å². The molecule has 1 saturated heterocycles. The first-order valence-electron chi connectivity index (χ1n) is 9.29. The molecule has 1 atom stereocenters. The molecule has 136 valence electrons. The van der Waals surface area contributed by atoms with Gasteiger partial charge in [-0.3, -0.25) is 4.79 Å². The Morgan fingerprint density at radius 3 is 3.04 bits per heavy atom. The van der Waals surface area contributed by atoms with E-state index in [-0.39, 0.29) is 5.91 Å². The van der Waals surface area contributed by atoms with E-state index in [1.54, 1.807) is 11.3 Å². The van der Waals surface area contributed by atoms with Gasteiger partial charge >= 0.3 is 0 Å². The van der Waals surface area contributed by atoms with E-state index in [1.807, 2.05) is 13.0 Å². The Morgan fingerprint density at radius 1 is 1.44 bits per heavy atom. The molecule has 3 heterocycles. The van der Waals surface area contributed by atoms with Crippen molar-refractivity contribution in [1.82, 2.24) is 14.8 Å². The monoisotopic (exact) mass is 359 g/mol. The van der Waals surface area contributed by atoms with Crippen molar-refractivity contribution in [1.29, 1.82) is 0 Å². The highest BCUT2D eigenvalue weighted by atomic mass is 32.1. The van der Waals surface area contributed by atoms with Crippen LogP contribution in [0.2, 0.25) is 0 Å². The predicted molar refractivity (Wildman–Crippen MR) is 106 cm³/mol. The van der Waals surface area contributed by atoms with Gasteiger partial charge in [0.1, 0.15) is 10.5 Å². The van der Waals surface area contributed by atoms with Gasteiger partial charge in [0, 0.05) is 31.1 Å². The van der Waals surface area contributed by atoms with Gasteiger partial charge in [0.15, 0.2) is 0 Å². The molecule has 25 heavy (non-hydrogen) atoms. The third-order valence-electron chi connectivity index (χ3n) is 5.01. The maximum Gasteiger partial charge on any atom is 0.267 e. The van der Waals surface area contributed by atoms with E-state index in [1.165, 1.54) is 25.8 Å². The number of piperidine rings is 1. The number of amides is 1. The van der Waals surface area contributed by atoms with Gasteiger partial charge in [-0.05, 0) is 57.2 Å². The number of nitrogens with zero attached hydrogens (tertiary/aromatic N) is 2. The number of allylic oxidation sites excluding steroid dienone is 1. The largest absolute Gasteiger partial charge is 0.351 e. The topological polar surface area (TPSA) is 37.3 Å². The van der Waals surface area contributed by atoms with E-state index in [9.17, 15) is 4.79 Å². The summed E-state index contributed by atoms with van der Waals surface area (Å²) in [6, 6.07) is 4.75. The summed E-state index contributed by atoms with van der Waals surface area (Å²) in [5.41, 5.74) is 1.80. The van der Waals surface area contributed by atoms with Crippen molar-refractivity contribution >= 4 is 27.5 Å². The van der Waals surface area contributed by atoms with E-state index in [0.29, 0.717) is 12.6 Å². The maximum absolute atomic E-state index is 12.7. The zero-order chi connectivity index (χ0) is 17.8. The lowest BCUT2D eigenvalue weighted by atomic mass is 10.0. The second kappa shape index (κ2) is 8.19. The quantitative estimate of drug-likeness (QED) is 0.592. The van der Waals surface area contributed by atoms with Crippen molar-refractivity contribution in [2.75, 3.05) is 19.6 Å². The zero-order valence-corrected chi connectivity index (χ0v) is 16.2. The number of nitrogens with one attached hydrogen (secondary N) is 1. The van der Waals surface area contributed by atoms with Crippen LogP contribution >= 0.6 is 11.3 Å². The molecule has 1 aliphatic rings. The van der Waals surface area contributed by atoms with Crippen LogP contribution in [0.5, 0.6) is 0 Å². The van der Waals surface area contributed by atoms with Gasteiger partial charge in [0.2, 0.25) is 0 Å². The molecule has 4 nitrogen and oxygen atoms in total. The van der Waals surface area contributed by atoms with Crippen LogP contribution < -0.4 is 5.32 Å². The maximum atomic E-state index is 12.7. The number of aromatic nitrogens is 1.